The van der Waals surface area contributed by atoms with Crippen molar-refractivity contribution in [3.8, 4) is 0 Å². The van der Waals surface area contributed by atoms with E-state index in [2.05, 4.69) is 11.6 Å². The molecule has 1 radical (unpaired) electrons. The molecule has 0 unspecified atom stereocenters. The van der Waals surface area contributed by atoms with Crippen molar-refractivity contribution in [2.24, 2.45) is 0 Å². The van der Waals surface area contributed by atoms with E-state index >= 15 is 0 Å². The molecule has 0 aliphatic rings. The summed E-state index contributed by atoms with van der Waals surface area (Å²) < 4.78 is 24.1. The molecule has 0 aliphatic carbocycles. The Labute approximate surface area is 78.8 Å². The van der Waals surface area contributed by atoms with Crippen molar-refractivity contribution in [2.75, 3.05) is 6.26 Å². The van der Waals surface area contributed by atoms with Crippen LogP contribution >= 0.6 is 0 Å². The predicted molar refractivity (Wildman–Crippen MR) is 52.5 cm³/mol. The van der Waals surface area contributed by atoms with E-state index in [9.17, 15) is 8.42 Å². The minimum absolute atomic E-state index is 0.420. The Morgan fingerprint density at radius 1 is 1.31 bits per heavy atom. The first-order chi connectivity index (χ1) is 5.99. The Hall–Kier alpha value is -0.870. The highest BCUT2D eigenvalue weighted by Crippen LogP contribution is 2.10. The first-order valence-corrected chi connectivity index (χ1v) is 5.73. The Morgan fingerprint density at radius 2 is 1.85 bits per heavy atom. The molecule has 0 bridgehead atoms. The van der Waals surface area contributed by atoms with Gasteiger partial charge in [-0.3, -0.25) is 0 Å². The largest absolute Gasteiger partial charge is 0.213 e. The van der Waals surface area contributed by atoms with Crippen LogP contribution in [0, 0.1) is 6.92 Å². The predicted octanol–water partition coefficient (Wildman–Crippen LogP) is 1.11. The van der Waals surface area contributed by atoms with Crippen molar-refractivity contribution in [2.45, 2.75) is 6.04 Å². The van der Waals surface area contributed by atoms with Gasteiger partial charge in [0.1, 0.15) is 0 Å². The Kier molecular flexibility index (Phi) is 3.06. The third-order valence-corrected chi connectivity index (χ3v) is 2.27. The van der Waals surface area contributed by atoms with Crippen molar-refractivity contribution >= 4 is 10.0 Å². The molecule has 0 amide bonds. The van der Waals surface area contributed by atoms with E-state index in [-0.39, 0.29) is 0 Å². The second kappa shape index (κ2) is 3.89. The van der Waals surface area contributed by atoms with Gasteiger partial charge in [-0.15, -0.1) is 0 Å². The third-order valence-electron chi connectivity index (χ3n) is 1.56. The van der Waals surface area contributed by atoms with E-state index in [1.807, 2.05) is 30.3 Å². The molecule has 0 saturated heterocycles. The molecule has 1 N–H and O–H groups in total. The summed E-state index contributed by atoms with van der Waals surface area (Å²) in [5.74, 6) is 0. The molecule has 0 aromatic heterocycles. The number of hydrogen-bond donors (Lipinski definition) is 1. The van der Waals surface area contributed by atoms with Gasteiger partial charge in [-0.1, -0.05) is 30.3 Å². The van der Waals surface area contributed by atoms with E-state index in [0.29, 0.717) is 0 Å². The van der Waals surface area contributed by atoms with E-state index in [1.54, 1.807) is 0 Å². The van der Waals surface area contributed by atoms with Gasteiger partial charge < -0.3 is 0 Å². The average molecular weight is 198 g/mol. The molecule has 0 saturated carbocycles. The molecule has 1 rings (SSSR count). The minimum atomic E-state index is -3.18. The number of sulfonamides is 1. The highest BCUT2D eigenvalue weighted by Gasteiger charge is 2.09. The molecule has 0 heterocycles. The second-order valence-electron chi connectivity index (χ2n) is 2.85. The zero-order chi connectivity index (χ0) is 9.90. The van der Waals surface area contributed by atoms with E-state index in [4.69, 9.17) is 0 Å². The number of rotatable bonds is 3. The molecule has 1 aromatic carbocycles. The second-order valence-corrected chi connectivity index (χ2v) is 4.63. The van der Waals surface area contributed by atoms with E-state index in [0.717, 1.165) is 11.8 Å². The lowest BCUT2D eigenvalue weighted by Crippen LogP contribution is -2.25. The summed E-state index contributed by atoms with van der Waals surface area (Å²) in [6.45, 7) is 3.70. The summed E-state index contributed by atoms with van der Waals surface area (Å²) in [6, 6.07) is 8.80. The molecule has 4 heteroatoms. The molecular formula is C9H12NO2S. The van der Waals surface area contributed by atoms with Gasteiger partial charge in [0.15, 0.2) is 0 Å². The third kappa shape index (κ3) is 3.57. The van der Waals surface area contributed by atoms with E-state index in [1.165, 1.54) is 0 Å². The average Bonchev–Trinajstić information content (AvgIpc) is 2.03. The van der Waals surface area contributed by atoms with Gasteiger partial charge in [0.2, 0.25) is 10.0 Å². The highest BCUT2D eigenvalue weighted by atomic mass is 32.2. The molecule has 1 aromatic rings. The maximum atomic E-state index is 10.9. The van der Waals surface area contributed by atoms with Crippen LogP contribution in [0.15, 0.2) is 30.3 Å². The number of nitrogens with one attached hydrogen (secondary N) is 1. The maximum Gasteiger partial charge on any atom is 0.209 e. The van der Waals surface area contributed by atoms with Crippen molar-refractivity contribution in [3.63, 3.8) is 0 Å². The zero-order valence-corrected chi connectivity index (χ0v) is 8.21. The molecule has 3 nitrogen and oxygen atoms in total. The van der Waals surface area contributed by atoms with Gasteiger partial charge in [-0.2, -0.15) is 0 Å². The van der Waals surface area contributed by atoms with Crippen LogP contribution in [-0.4, -0.2) is 14.7 Å². The van der Waals surface area contributed by atoms with Gasteiger partial charge >= 0.3 is 0 Å². The Balaban J connectivity index is 2.76. The number of hydrogen-bond acceptors (Lipinski definition) is 2. The van der Waals surface area contributed by atoms with Gasteiger partial charge in [0.25, 0.3) is 0 Å². The lowest BCUT2D eigenvalue weighted by atomic mass is 10.1. The van der Waals surface area contributed by atoms with Crippen molar-refractivity contribution < 1.29 is 8.42 Å². The van der Waals surface area contributed by atoms with Crippen LogP contribution in [0.25, 0.3) is 0 Å². The van der Waals surface area contributed by atoms with Crippen LogP contribution in [0.1, 0.15) is 11.6 Å². The fourth-order valence-corrected chi connectivity index (χ4v) is 1.66. The van der Waals surface area contributed by atoms with Gasteiger partial charge in [-0.05, 0) is 12.5 Å². The fraction of sp³-hybridized carbons (Fsp3) is 0.222. The zero-order valence-electron chi connectivity index (χ0n) is 7.40. The van der Waals surface area contributed by atoms with Crippen LogP contribution in [0.4, 0.5) is 0 Å². The lowest BCUT2D eigenvalue weighted by molar-refractivity contribution is 0.580. The molecule has 71 valence electrons. The van der Waals surface area contributed by atoms with Crippen LogP contribution < -0.4 is 4.72 Å². The maximum absolute atomic E-state index is 10.9. The standard InChI is InChI=1S/C9H12NO2S/c1-8(10-13(2,11)12)9-6-4-3-5-7-9/h3-8,10H,1H2,2H3/t8-/m0/s1. The highest BCUT2D eigenvalue weighted by molar-refractivity contribution is 7.88. The molecule has 0 aliphatic heterocycles. The van der Waals surface area contributed by atoms with Crippen LogP contribution in [0.2, 0.25) is 0 Å². The fourth-order valence-electron chi connectivity index (χ4n) is 1.01. The summed E-state index contributed by atoms with van der Waals surface area (Å²) in [5, 5.41) is 0. The van der Waals surface area contributed by atoms with Crippen LogP contribution in [0.3, 0.4) is 0 Å². The summed E-state index contributed by atoms with van der Waals surface area (Å²) in [5.41, 5.74) is 0.855. The normalized spacial score (nSPS) is 14.0. The summed E-state index contributed by atoms with van der Waals surface area (Å²) in [6.07, 6.45) is 1.12. The molecule has 1 atom stereocenters. The quantitative estimate of drug-likeness (QED) is 0.790. The van der Waals surface area contributed by atoms with E-state index < -0.39 is 16.1 Å². The Bertz CT molecular complexity index is 358. The van der Waals surface area contributed by atoms with Crippen LogP contribution in [0.5, 0.6) is 0 Å². The van der Waals surface area contributed by atoms with Crippen molar-refractivity contribution in [1.82, 2.24) is 4.72 Å². The first kappa shape index (κ1) is 10.2. The topological polar surface area (TPSA) is 46.2 Å². The minimum Gasteiger partial charge on any atom is -0.213 e. The molecule has 13 heavy (non-hydrogen) atoms. The number of benzene rings is 1. The Morgan fingerprint density at radius 3 is 2.31 bits per heavy atom. The summed E-state index contributed by atoms with van der Waals surface area (Å²) >= 11 is 0. The molecular weight excluding hydrogens is 186 g/mol. The summed E-state index contributed by atoms with van der Waals surface area (Å²) in [4.78, 5) is 0. The monoisotopic (exact) mass is 198 g/mol. The van der Waals surface area contributed by atoms with Crippen LogP contribution in [-0.2, 0) is 10.0 Å². The SMILES string of the molecule is [CH2][C@H](NS(C)(=O)=O)c1ccccc1. The molecule has 0 spiro atoms. The lowest BCUT2D eigenvalue weighted by Gasteiger charge is -2.11. The van der Waals surface area contributed by atoms with Gasteiger partial charge in [-0.25, -0.2) is 13.1 Å². The molecule has 0 fully saturated rings. The first-order valence-electron chi connectivity index (χ1n) is 3.84. The van der Waals surface area contributed by atoms with Gasteiger partial charge in [0, 0.05) is 6.04 Å². The van der Waals surface area contributed by atoms with Crippen molar-refractivity contribution in [3.05, 3.63) is 42.8 Å². The smallest absolute Gasteiger partial charge is 0.209 e. The van der Waals surface area contributed by atoms with Gasteiger partial charge in [0.05, 0.1) is 6.26 Å². The van der Waals surface area contributed by atoms with Crippen molar-refractivity contribution in [1.29, 1.82) is 0 Å². The summed E-state index contributed by atoms with van der Waals surface area (Å²) in [7, 11) is -3.18.